The van der Waals surface area contributed by atoms with Gasteiger partial charge in [0.2, 0.25) is 0 Å². The van der Waals surface area contributed by atoms with Crippen LogP contribution in [0.15, 0.2) is 18.2 Å². The first-order chi connectivity index (χ1) is 9.10. The Labute approximate surface area is 113 Å². The number of nitro benzene ring substituents is 1. The van der Waals surface area contributed by atoms with Crippen LogP contribution < -0.4 is 10.1 Å². The molecule has 19 heavy (non-hydrogen) atoms. The Morgan fingerprint density at radius 3 is 2.79 bits per heavy atom. The van der Waals surface area contributed by atoms with Crippen LogP contribution in [0, 0.1) is 22.0 Å². The summed E-state index contributed by atoms with van der Waals surface area (Å²) in [6.45, 7) is 5.66. The zero-order valence-corrected chi connectivity index (χ0v) is 11.4. The summed E-state index contributed by atoms with van der Waals surface area (Å²) in [7, 11) is 0. The van der Waals surface area contributed by atoms with Gasteiger partial charge in [-0.25, -0.2) is 0 Å². The van der Waals surface area contributed by atoms with Crippen molar-refractivity contribution in [3.05, 3.63) is 28.3 Å². The van der Waals surface area contributed by atoms with Crippen LogP contribution in [0.25, 0.3) is 0 Å². The van der Waals surface area contributed by atoms with Gasteiger partial charge in [-0.05, 0) is 24.7 Å². The molecule has 5 nitrogen and oxygen atoms in total. The molecule has 0 aromatic heterocycles. The summed E-state index contributed by atoms with van der Waals surface area (Å²) >= 11 is 0. The molecule has 1 aromatic carbocycles. The van der Waals surface area contributed by atoms with E-state index in [0.717, 1.165) is 24.6 Å². The van der Waals surface area contributed by atoms with Crippen molar-refractivity contribution >= 4 is 11.4 Å². The summed E-state index contributed by atoms with van der Waals surface area (Å²) in [5, 5.41) is 14.2. The van der Waals surface area contributed by atoms with Crippen LogP contribution in [0.4, 0.5) is 11.4 Å². The van der Waals surface area contributed by atoms with Crippen LogP contribution in [0.5, 0.6) is 5.75 Å². The number of nitrogens with zero attached hydrogens (tertiary/aromatic N) is 1. The molecule has 0 aliphatic heterocycles. The number of non-ortho nitro benzene ring substituents is 1. The molecule has 0 saturated heterocycles. The standard InChI is InChI=1S/C14H20N2O3/c1-3-4-19-14-7-12(6-13(8-14)16(17)18)15-9-11-5-10(11)2/h6-8,10-11,15H,3-5,9H2,1-2H3. The number of hydrogen-bond donors (Lipinski definition) is 1. The third-order valence-corrected chi connectivity index (χ3v) is 3.42. The van der Waals surface area contributed by atoms with E-state index in [2.05, 4.69) is 12.2 Å². The molecule has 0 spiro atoms. The van der Waals surface area contributed by atoms with Crippen molar-refractivity contribution < 1.29 is 9.66 Å². The van der Waals surface area contributed by atoms with Crippen LogP contribution in [-0.4, -0.2) is 18.1 Å². The third kappa shape index (κ3) is 3.84. The van der Waals surface area contributed by atoms with Gasteiger partial charge in [0.1, 0.15) is 5.75 Å². The fourth-order valence-corrected chi connectivity index (χ4v) is 2.03. The Morgan fingerprint density at radius 2 is 2.21 bits per heavy atom. The number of benzene rings is 1. The number of ether oxygens (including phenoxy) is 1. The number of nitro groups is 1. The Balaban J connectivity index is 2.06. The molecule has 5 heteroatoms. The molecule has 104 valence electrons. The van der Waals surface area contributed by atoms with Gasteiger partial charge < -0.3 is 10.1 Å². The summed E-state index contributed by atoms with van der Waals surface area (Å²) in [4.78, 5) is 10.5. The van der Waals surface area contributed by atoms with Crippen molar-refractivity contribution in [2.75, 3.05) is 18.5 Å². The molecule has 0 amide bonds. The summed E-state index contributed by atoms with van der Waals surface area (Å²) in [5.41, 5.74) is 0.833. The first-order valence-electron chi connectivity index (χ1n) is 6.76. The van der Waals surface area contributed by atoms with Gasteiger partial charge in [-0.15, -0.1) is 0 Å². The first-order valence-corrected chi connectivity index (χ1v) is 6.76. The monoisotopic (exact) mass is 264 g/mol. The van der Waals surface area contributed by atoms with Gasteiger partial charge >= 0.3 is 0 Å². The lowest BCUT2D eigenvalue weighted by atomic mass is 10.2. The van der Waals surface area contributed by atoms with Gasteiger partial charge in [0, 0.05) is 24.4 Å². The smallest absolute Gasteiger partial charge is 0.275 e. The van der Waals surface area contributed by atoms with Crippen molar-refractivity contribution in [2.45, 2.75) is 26.7 Å². The van der Waals surface area contributed by atoms with Gasteiger partial charge in [0.15, 0.2) is 0 Å². The van der Waals surface area contributed by atoms with E-state index in [-0.39, 0.29) is 10.6 Å². The van der Waals surface area contributed by atoms with E-state index >= 15 is 0 Å². The highest BCUT2D eigenvalue weighted by Crippen LogP contribution is 2.38. The SMILES string of the molecule is CCCOc1cc(NCC2CC2C)cc([N+](=O)[O-])c1. The van der Waals surface area contributed by atoms with Gasteiger partial charge in [-0.1, -0.05) is 13.8 Å². The lowest BCUT2D eigenvalue weighted by molar-refractivity contribution is -0.384. The molecule has 1 aliphatic rings. The predicted molar refractivity (Wildman–Crippen MR) is 74.6 cm³/mol. The molecule has 2 atom stereocenters. The lowest BCUT2D eigenvalue weighted by Gasteiger charge is -2.09. The topological polar surface area (TPSA) is 64.4 Å². The van der Waals surface area contributed by atoms with Gasteiger partial charge in [-0.2, -0.15) is 0 Å². The fraction of sp³-hybridized carbons (Fsp3) is 0.571. The largest absolute Gasteiger partial charge is 0.493 e. The first kappa shape index (κ1) is 13.6. The average Bonchev–Trinajstić information content (AvgIpc) is 3.09. The predicted octanol–water partition coefficient (Wildman–Crippen LogP) is 3.45. The van der Waals surface area contributed by atoms with E-state index in [1.54, 1.807) is 6.07 Å². The van der Waals surface area contributed by atoms with Gasteiger partial charge in [-0.3, -0.25) is 10.1 Å². The number of hydrogen-bond acceptors (Lipinski definition) is 4. The van der Waals surface area contributed by atoms with Crippen LogP contribution in [-0.2, 0) is 0 Å². The molecule has 1 saturated carbocycles. The second kappa shape index (κ2) is 5.91. The normalized spacial score (nSPS) is 20.9. The molecular formula is C14H20N2O3. The molecule has 1 aromatic rings. The van der Waals surface area contributed by atoms with Crippen molar-refractivity contribution in [3.8, 4) is 5.75 Å². The van der Waals surface area contributed by atoms with Crippen molar-refractivity contribution in [3.63, 3.8) is 0 Å². The molecule has 2 rings (SSSR count). The number of rotatable bonds is 7. The minimum absolute atomic E-state index is 0.0694. The van der Waals surface area contributed by atoms with Crippen molar-refractivity contribution in [1.29, 1.82) is 0 Å². The number of anilines is 1. The molecular weight excluding hydrogens is 244 g/mol. The molecule has 1 aliphatic carbocycles. The fourth-order valence-electron chi connectivity index (χ4n) is 2.03. The van der Waals surface area contributed by atoms with Crippen LogP contribution in [0.1, 0.15) is 26.7 Å². The summed E-state index contributed by atoms with van der Waals surface area (Å²) in [5.74, 6) is 2.02. The van der Waals surface area contributed by atoms with Crippen LogP contribution >= 0.6 is 0 Å². The second-order valence-electron chi connectivity index (χ2n) is 5.18. The number of nitrogens with one attached hydrogen (secondary N) is 1. The molecule has 1 N–H and O–H groups in total. The molecule has 2 unspecified atom stereocenters. The van der Waals surface area contributed by atoms with Crippen molar-refractivity contribution in [2.24, 2.45) is 11.8 Å². The van der Waals surface area contributed by atoms with E-state index < -0.39 is 0 Å². The van der Waals surface area contributed by atoms with Gasteiger partial charge in [0.05, 0.1) is 17.6 Å². The van der Waals surface area contributed by atoms with Crippen LogP contribution in [0.3, 0.4) is 0 Å². The summed E-state index contributed by atoms with van der Waals surface area (Å²) in [6.07, 6.45) is 2.12. The maximum Gasteiger partial charge on any atom is 0.275 e. The lowest BCUT2D eigenvalue weighted by Crippen LogP contribution is -2.05. The second-order valence-corrected chi connectivity index (χ2v) is 5.18. The van der Waals surface area contributed by atoms with Gasteiger partial charge in [0.25, 0.3) is 5.69 Å². The Kier molecular flexibility index (Phi) is 4.24. The summed E-state index contributed by atoms with van der Waals surface area (Å²) in [6, 6.07) is 4.86. The summed E-state index contributed by atoms with van der Waals surface area (Å²) < 4.78 is 5.49. The minimum Gasteiger partial charge on any atom is -0.493 e. The Morgan fingerprint density at radius 1 is 1.47 bits per heavy atom. The maximum atomic E-state index is 10.9. The zero-order chi connectivity index (χ0) is 13.8. The maximum absolute atomic E-state index is 10.9. The van der Waals surface area contributed by atoms with Crippen LogP contribution in [0.2, 0.25) is 0 Å². The highest BCUT2D eigenvalue weighted by molar-refractivity contribution is 5.56. The zero-order valence-electron chi connectivity index (χ0n) is 11.4. The molecule has 0 heterocycles. The van der Waals surface area contributed by atoms with Crippen molar-refractivity contribution in [1.82, 2.24) is 0 Å². The Hall–Kier alpha value is -1.78. The molecule has 1 fully saturated rings. The van der Waals surface area contributed by atoms with E-state index in [1.807, 2.05) is 13.0 Å². The molecule has 0 radical (unpaired) electrons. The third-order valence-electron chi connectivity index (χ3n) is 3.42. The van der Waals surface area contributed by atoms with E-state index in [1.165, 1.54) is 12.5 Å². The quantitative estimate of drug-likeness (QED) is 0.605. The Bertz CT molecular complexity index is 462. The molecule has 0 bridgehead atoms. The minimum atomic E-state index is -0.385. The van der Waals surface area contributed by atoms with E-state index in [0.29, 0.717) is 18.3 Å². The van der Waals surface area contributed by atoms with E-state index in [9.17, 15) is 10.1 Å². The average molecular weight is 264 g/mol. The highest BCUT2D eigenvalue weighted by atomic mass is 16.6. The van der Waals surface area contributed by atoms with E-state index in [4.69, 9.17) is 4.74 Å². The highest BCUT2D eigenvalue weighted by Gasteiger charge is 2.31.